The quantitative estimate of drug-likeness (QED) is 0.627. The summed E-state index contributed by atoms with van der Waals surface area (Å²) >= 11 is 5.14. The predicted molar refractivity (Wildman–Crippen MR) is 92.4 cm³/mol. The van der Waals surface area contributed by atoms with E-state index in [0.717, 1.165) is 25.1 Å². The Balaban J connectivity index is 1.74. The number of unbranched alkanes of at least 4 members (excludes halogenated alkanes) is 2. The molecule has 21 heavy (non-hydrogen) atoms. The largest absolute Gasteiger partial charge is 0.376 e. The number of thiocarbonyl (C=S) groups is 1. The lowest BCUT2D eigenvalue weighted by molar-refractivity contribution is 0.683. The second kappa shape index (κ2) is 8.37. The molecule has 0 saturated carbocycles. The Morgan fingerprint density at radius 2 is 1.71 bits per heavy atom. The van der Waals surface area contributed by atoms with Gasteiger partial charge in [-0.25, -0.2) is 0 Å². The molecule has 1 aromatic heterocycles. The molecule has 2 N–H and O–H groups in total. The van der Waals surface area contributed by atoms with Crippen molar-refractivity contribution in [1.82, 2.24) is 4.98 Å². The minimum Gasteiger partial charge on any atom is -0.376 e. The van der Waals surface area contributed by atoms with E-state index in [0.29, 0.717) is 5.11 Å². The van der Waals surface area contributed by atoms with Crippen LogP contribution < -0.4 is 10.6 Å². The summed E-state index contributed by atoms with van der Waals surface area (Å²) in [5.41, 5.74) is 8.23. The van der Waals surface area contributed by atoms with Crippen LogP contribution in [0.1, 0.15) is 24.8 Å². The molecule has 0 amide bonds. The minimum atomic E-state index is 0.421. The molecule has 0 fully saturated rings. The minimum absolute atomic E-state index is 0.421. The molecule has 110 valence electrons. The predicted octanol–water partition coefficient (Wildman–Crippen LogP) is 3.54. The van der Waals surface area contributed by atoms with E-state index in [-0.39, 0.29) is 0 Å². The van der Waals surface area contributed by atoms with E-state index in [1.54, 1.807) is 12.4 Å². The fraction of sp³-hybridized carbons (Fsp3) is 0.294. The van der Waals surface area contributed by atoms with Gasteiger partial charge >= 0.3 is 0 Å². The van der Waals surface area contributed by atoms with Crippen LogP contribution in [0.2, 0.25) is 0 Å². The van der Waals surface area contributed by atoms with E-state index >= 15 is 0 Å². The molecule has 0 aliphatic carbocycles. The van der Waals surface area contributed by atoms with Crippen LogP contribution in [0.4, 0.5) is 5.69 Å². The number of hydrogen-bond acceptors (Lipinski definition) is 2. The van der Waals surface area contributed by atoms with Crippen LogP contribution >= 0.6 is 12.2 Å². The normalized spacial score (nSPS) is 10.3. The number of rotatable bonds is 7. The SMILES string of the molecule is NC(=S)N(CCCCCc1ccccc1)c1ccncc1. The third-order valence-corrected chi connectivity index (χ3v) is 3.65. The molecule has 0 aliphatic rings. The highest BCUT2D eigenvalue weighted by Crippen LogP contribution is 2.14. The Labute approximate surface area is 131 Å². The molecule has 0 radical (unpaired) electrons. The Morgan fingerprint density at radius 3 is 2.38 bits per heavy atom. The van der Waals surface area contributed by atoms with E-state index in [1.165, 1.54) is 18.4 Å². The van der Waals surface area contributed by atoms with Crippen LogP contribution in [-0.4, -0.2) is 16.6 Å². The molecule has 0 atom stereocenters. The van der Waals surface area contributed by atoms with Gasteiger partial charge in [0.2, 0.25) is 0 Å². The Kier molecular flexibility index (Phi) is 6.16. The number of benzene rings is 1. The number of nitrogens with zero attached hydrogens (tertiary/aromatic N) is 2. The average molecular weight is 299 g/mol. The number of nitrogens with two attached hydrogens (primary N) is 1. The molecule has 2 aromatic rings. The summed E-state index contributed by atoms with van der Waals surface area (Å²) in [6.07, 6.45) is 8.08. The number of anilines is 1. The third kappa shape index (κ3) is 5.16. The second-order valence-corrected chi connectivity index (χ2v) is 5.41. The molecule has 2 rings (SSSR count). The lowest BCUT2D eigenvalue weighted by atomic mass is 10.1. The van der Waals surface area contributed by atoms with Gasteiger partial charge in [-0.15, -0.1) is 0 Å². The summed E-state index contributed by atoms with van der Waals surface area (Å²) < 4.78 is 0. The zero-order valence-corrected chi connectivity index (χ0v) is 12.9. The topological polar surface area (TPSA) is 42.1 Å². The van der Waals surface area contributed by atoms with Gasteiger partial charge in [-0.1, -0.05) is 36.8 Å². The Bertz CT molecular complexity index is 542. The van der Waals surface area contributed by atoms with Gasteiger partial charge in [0.1, 0.15) is 0 Å². The first-order valence-corrected chi connectivity index (χ1v) is 7.69. The highest BCUT2D eigenvalue weighted by molar-refractivity contribution is 7.80. The molecule has 1 aromatic carbocycles. The molecule has 4 heteroatoms. The van der Waals surface area contributed by atoms with Crippen molar-refractivity contribution in [3.63, 3.8) is 0 Å². The maximum atomic E-state index is 5.81. The highest BCUT2D eigenvalue weighted by Gasteiger charge is 2.08. The number of pyridine rings is 1. The molecule has 0 aliphatic heterocycles. The van der Waals surface area contributed by atoms with Crippen molar-refractivity contribution in [2.75, 3.05) is 11.4 Å². The van der Waals surface area contributed by atoms with E-state index in [4.69, 9.17) is 18.0 Å². The van der Waals surface area contributed by atoms with Gasteiger partial charge < -0.3 is 10.6 Å². The lowest BCUT2D eigenvalue weighted by Gasteiger charge is -2.22. The van der Waals surface area contributed by atoms with Crippen LogP contribution in [0.25, 0.3) is 0 Å². The van der Waals surface area contributed by atoms with Crippen molar-refractivity contribution in [2.24, 2.45) is 5.73 Å². The van der Waals surface area contributed by atoms with Crippen LogP contribution in [0.5, 0.6) is 0 Å². The van der Waals surface area contributed by atoms with Gasteiger partial charge in [-0.2, -0.15) is 0 Å². The summed E-state index contributed by atoms with van der Waals surface area (Å²) in [6, 6.07) is 14.5. The van der Waals surface area contributed by atoms with Gasteiger partial charge in [0.05, 0.1) is 0 Å². The van der Waals surface area contributed by atoms with Crippen molar-refractivity contribution in [2.45, 2.75) is 25.7 Å². The van der Waals surface area contributed by atoms with Crippen LogP contribution in [-0.2, 0) is 6.42 Å². The molecule has 1 heterocycles. The summed E-state index contributed by atoms with van der Waals surface area (Å²) in [6.45, 7) is 0.855. The van der Waals surface area contributed by atoms with Crippen molar-refractivity contribution < 1.29 is 0 Å². The maximum absolute atomic E-state index is 5.81. The molecule has 3 nitrogen and oxygen atoms in total. The van der Waals surface area contributed by atoms with E-state index in [1.807, 2.05) is 17.0 Å². The molecular weight excluding hydrogens is 278 g/mol. The summed E-state index contributed by atoms with van der Waals surface area (Å²) in [7, 11) is 0. The van der Waals surface area contributed by atoms with Crippen molar-refractivity contribution in [3.05, 3.63) is 60.4 Å². The smallest absolute Gasteiger partial charge is 0.170 e. The number of aromatic nitrogens is 1. The molecule has 0 unspecified atom stereocenters. The van der Waals surface area contributed by atoms with Gasteiger partial charge in [-0.3, -0.25) is 4.98 Å². The third-order valence-electron chi connectivity index (χ3n) is 3.43. The number of hydrogen-bond donors (Lipinski definition) is 1. The van der Waals surface area contributed by atoms with Crippen molar-refractivity contribution in [1.29, 1.82) is 0 Å². The molecule has 0 bridgehead atoms. The monoisotopic (exact) mass is 299 g/mol. The second-order valence-electron chi connectivity index (χ2n) is 4.99. The molecular formula is C17H21N3S. The zero-order chi connectivity index (χ0) is 14.9. The van der Waals surface area contributed by atoms with Gasteiger partial charge in [0.25, 0.3) is 0 Å². The van der Waals surface area contributed by atoms with Gasteiger partial charge in [-0.05, 0) is 49.2 Å². The molecule has 0 spiro atoms. The lowest BCUT2D eigenvalue weighted by Crippen LogP contribution is -2.36. The Hall–Kier alpha value is -1.94. The molecule has 0 saturated heterocycles. The van der Waals surface area contributed by atoms with E-state index < -0.39 is 0 Å². The fourth-order valence-corrected chi connectivity index (χ4v) is 2.51. The summed E-state index contributed by atoms with van der Waals surface area (Å²) in [5, 5.41) is 0.421. The van der Waals surface area contributed by atoms with Crippen LogP contribution in [0.3, 0.4) is 0 Å². The fourth-order valence-electron chi connectivity index (χ4n) is 2.31. The first-order valence-electron chi connectivity index (χ1n) is 7.28. The maximum Gasteiger partial charge on any atom is 0.170 e. The van der Waals surface area contributed by atoms with E-state index in [9.17, 15) is 0 Å². The summed E-state index contributed by atoms with van der Waals surface area (Å²) in [5.74, 6) is 0. The first kappa shape index (κ1) is 15.4. The average Bonchev–Trinajstić information content (AvgIpc) is 2.52. The van der Waals surface area contributed by atoms with Crippen LogP contribution in [0.15, 0.2) is 54.9 Å². The van der Waals surface area contributed by atoms with Crippen LogP contribution in [0, 0.1) is 0 Å². The number of aryl methyl sites for hydroxylation is 1. The van der Waals surface area contributed by atoms with Gasteiger partial charge in [0.15, 0.2) is 5.11 Å². The standard InChI is InChI=1S/C17H21N3S/c18-17(21)20(16-10-12-19-13-11-16)14-6-2-5-9-15-7-3-1-4-8-15/h1,3-4,7-8,10-13H,2,5-6,9,14H2,(H2,18,21). The van der Waals surface area contributed by atoms with Crippen molar-refractivity contribution in [3.8, 4) is 0 Å². The zero-order valence-electron chi connectivity index (χ0n) is 12.1. The van der Waals surface area contributed by atoms with E-state index in [2.05, 4.69) is 35.3 Å². The van der Waals surface area contributed by atoms with Crippen molar-refractivity contribution >= 4 is 23.0 Å². The van der Waals surface area contributed by atoms with Gasteiger partial charge in [0, 0.05) is 24.6 Å². The summed E-state index contributed by atoms with van der Waals surface area (Å²) in [4.78, 5) is 5.99. The first-order chi connectivity index (χ1) is 10.3. The Morgan fingerprint density at radius 1 is 1.00 bits per heavy atom. The highest BCUT2D eigenvalue weighted by atomic mass is 32.1.